The summed E-state index contributed by atoms with van der Waals surface area (Å²) in [4.78, 5) is 13.5. The van der Waals surface area contributed by atoms with Crippen LogP contribution in [-0.2, 0) is 4.79 Å². The fourth-order valence-electron chi connectivity index (χ4n) is 1.59. The van der Waals surface area contributed by atoms with E-state index in [1.807, 2.05) is 32.6 Å². The van der Waals surface area contributed by atoms with E-state index in [0.29, 0.717) is 5.91 Å². The minimum atomic E-state index is 0.165. The summed E-state index contributed by atoms with van der Waals surface area (Å²) in [7, 11) is 0. The average molecular weight is 199 g/mol. The Kier molecular flexibility index (Phi) is 6.60. The first kappa shape index (κ1) is 13.5. The van der Waals surface area contributed by atoms with E-state index in [4.69, 9.17) is 0 Å². The van der Waals surface area contributed by atoms with E-state index in [2.05, 4.69) is 6.92 Å². The van der Waals surface area contributed by atoms with Crippen LogP contribution in [0, 0.1) is 11.8 Å². The summed E-state index contributed by atoms with van der Waals surface area (Å²) >= 11 is 0. The molecule has 1 aliphatic rings. The lowest BCUT2D eigenvalue weighted by Gasteiger charge is -2.31. The van der Waals surface area contributed by atoms with Crippen molar-refractivity contribution in [1.82, 2.24) is 4.90 Å². The summed E-state index contributed by atoms with van der Waals surface area (Å²) in [6.07, 6.45) is 2.36. The molecule has 0 atom stereocenters. The standard InChI is InChI=1S/C10H19NO.C2H6/c1-8(2)10(12)11-6-4-9(3)5-7-11;1-2/h8-9H,4-7H2,1-3H3;1-2H3. The van der Waals surface area contributed by atoms with Gasteiger partial charge in [-0.15, -0.1) is 0 Å². The van der Waals surface area contributed by atoms with Gasteiger partial charge in [-0.05, 0) is 18.8 Å². The van der Waals surface area contributed by atoms with Gasteiger partial charge >= 0.3 is 0 Å². The van der Waals surface area contributed by atoms with Gasteiger partial charge in [0.15, 0.2) is 0 Å². The summed E-state index contributed by atoms with van der Waals surface area (Å²) in [5.74, 6) is 1.29. The van der Waals surface area contributed by atoms with Gasteiger partial charge in [0.2, 0.25) is 5.91 Å². The van der Waals surface area contributed by atoms with E-state index in [1.165, 1.54) is 12.8 Å². The number of carbonyl (C=O) groups excluding carboxylic acids is 1. The molecule has 1 heterocycles. The molecule has 1 aliphatic heterocycles. The summed E-state index contributed by atoms with van der Waals surface area (Å²) in [5.41, 5.74) is 0. The third-order valence-electron chi connectivity index (χ3n) is 2.59. The van der Waals surface area contributed by atoms with Crippen molar-refractivity contribution in [2.24, 2.45) is 11.8 Å². The molecule has 0 aromatic carbocycles. The van der Waals surface area contributed by atoms with Crippen LogP contribution < -0.4 is 0 Å². The van der Waals surface area contributed by atoms with Crippen LogP contribution in [0.15, 0.2) is 0 Å². The number of amides is 1. The van der Waals surface area contributed by atoms with Gasteiger partial charge in [-0.25, -0.2) is 0 Å². The van der Waals surface area contributed by atoms with E-state index in [-0.39, 0.29) is 5.92 Å². The Hall–Kier alpha value is -0.530. The maximum absolute atomic E-state index is 11.5. The molecule has 2 nitrogen and oxygen atoms in total. The van der Waals surface area contributed by atoms with Crippen LogP contribution in [0.5, 0.6) is 0 Å². The van der Waals surface area contributed by atoms with E-state index >= 15 is 0 Å². The van der Waals surface area contributed by atoms with Crippen LogP contribution in [0.1, 0.15) is 47.5 Å². The third-order valence-corrected chi connectivity index (χ3v) is 2.59. The second-order valence-corrected chi connectivity index (χ2v) is 4.16. The predicted molar refractivity (Wildman–Crippen MR) is 61.2 cm³/mol. The highest BCUT2D eigenvalue weighted by atomic mass is 16.2. The molecule has 0 N–H and O–H groups in total. The first-order valence-corrected chi connectivity index (χ1v) is 5.90. The van der Waals surface area contributed by atoms with Crippen LogP contribution in [0.2, 0.25) is 0 Å². The maximum atomic E-state index is 11.5. The molecule has 2 heteroatoms. The molecule has 0 saturated carbocycles. The van der Waals surface area contributed by atoms with Crippen molar-refractivity contribution in [3.63, 3.8) is 0 Å². The van der Waals surface area contributed by atoms with Gasteiger partial charge in [-0.3, -0.25) is 4.79 Å². The topological polar surface area (TPSA) is 20.3 Å². The summed E-state index contributed by atoms with van der Waals surface area (Å²) < 4.78 is 0. The lowest BCUT2D eigenvalue weighted by molar-refractivity contribution is -0.135. The van der Waals surface area contributed by atoms with Gasteiger partial charge < -0.3 is 4.90 Å². The second kappa shape index (κ2) is 6.86. The third kappa shape index (κ3) is 4.12. The predicted octanol–water partition coefficient (Wildman–Crippen LogP) is 2.93. The average Bonchev–Trinajstić information content (AvgIpc) is 2.21. The minimum Gasteiger partial charge on any atom is -0.342 e. The highest BCUT2D eigenvalue weighted by Crippen LogP contribution is 2.17. The molecule has 0 radical (unpaired) electrons. The molecule has 84 valence electrons. The van der Waals surface area contributed by atoms with Crippen molar-refractivity contribution in [3.8, 4) is 0 Å². The second-order valence-electron chi connectivity index (χ2n) is 4.16. The van der Waals surface area contributed by atoms with Crippen LogP contribution in [0.3, 0.4) is 0 Å². The molecule has 0 aromatic rings. The summed E-state index contributed by atoms with van der Waals surface area (Å²) in [5, 5.41) is 0. The number of carbonyl (C=O) groups is 1. The quantitative estimate of drug-likeness (QED) is 0.636. The SMILES string of the molecule is CC.CC1CCN(C(=O)C(C)C)CC1. The van der Waals surface area contributed by atoms with Crippen molar-refractivity contribution in [3.05, 3.63) is 0 Å². The highest BCUT2D eigenvalue weighted by Gasteiger charge is 2.21. The zero-order valence-corrected chi connectivity index (χ0v) is 10.3. The van der Waals surface area contributed by atoms with Crippen LogP contribution in [0.4, 0.5) is 0 Å². The van der Waals surface area contributed by atoms with Crippen molar-refractivity contribution in [1.29, 1.82) is 0 Å². The molecule has 0 spiro atoms. The Morgan fingerprint density at radius 2 is 1.64 bits per heavy atom. The van der Waals surface area contributed by atoms with Crippen molar-refractivity contribution in [2.45, 2.75) is 47.5 Å². The Balaban J connectivity index is 0.000000791. The lowest BCUT2D eigenvalue weighted by Crippen LogP contribution is -2.40. The fraction of sp³-hybridized carbons (Fsp3) is 0.917. The molecule has 0 bridgehead atoms. The molecule has 14 heavy (non-hydrogen) atoms. The number of rotatable bonds is 1. The largest absolute Gasteiger partial charge is 0.342 e. The Labute approximate surface area is 88.7 Å². The van der Waals surface area contributed by atoms with Crippen LogP contribution >= 0.6 is 0 Å². The number of piperidine rings is 1. The van der Waals surface area contributed by atoms with Crippen molar-refractivity contribution in [2.75, 3.05) is 13.1 Å². The molecule has 1 fully saturated rings. The monoisotopic (exact) mass is 199 g/mol. The Morgan fingerprint density at radius 3 is 2.00 bits per heavy atom. The Morgan fingerprint density at radius 1 is 1.21 bits per heavy atom. The van der Waals surface area contributed by atoms with Crippen molar-refractivity contribution < 1.29 is 4.79 Å². The Bertz CT molecular complexity index is 158. The van der Waals surface area contributed by atoms with Crippen molar-refractivity contribution >= 4 is 5.91 Å². The zero-order chi connectivity index (χ0) is 11.1. The first-order valence-electron chi connectivity index (χ1n) is 5.90. The number of likely N-dealkylation sites (tertiary alicyclic amines) is 1. The molecule has 0 aliphatic carbocycles. The van der Waals surface area contributed by atoms with E-state index in [9.17, 15) is 4.79 Å². The maximum Gasteiger partial charge on any atom is 0.225 e. The molecule has 0 aromatic heterocycles. The summed E-state index contributed by atoms with van der Waals surface area (Å²) in [6.45, 7) is 12.1. The fourth-order valence-corrected chi connectivity index (χ4v) is 1.59. The van der Waals surface area contributed by atoms with Gasteiger partial charge in [0.25, 0.3) is 0 Å². The van der Waals surface area contributed by atoms with Gasteiger partial charge in [0, 0.05) is 19.0 Å². The molecule has 1 saturated heterocycles. The van der Waals surface area contributed by atoms with Gasteiger partial charge in [0.1, 0.15) is 0 Å². The minimum absolute atomic E-state index is 0.165. The molecule has 0 unspecified atom stereocenters. The lowest BCUT2D eigenvalue weighted by atomic mass is 9.98. The van der Waals surface area contributed by atoms with Crippen LogP contribution in [-0.4, -0.2) is 23.9 Å². The van der Waals surface area contributed by atoms with E-state index in [0.717, 1.165) is 19.0 Å². The van der Waals surface area contributed by atoms with Gasteiger partial charge in [0.05, 0.1) is 0 Å². The van der Waals surface area contributed by atoms with Gasteiger partial charge in [-0.2, -0.15) is 0 Å². The van der Waals surface area contributed by atoms with Crippen LogP contribution in [0.25, 0.3) is 0 Å². The number of hydrogen-bond donors (Lipinski definition) is 0. The van der Waals surface area contributed by atoms with E-state index in [1.54, 1.807) is 0 Å². The number of nitrogens with zero attached hydrogens (tertiary/aromatic N) is 1. The molecular weight excluding hydrogens is 174 g/mol. The molecule has 1 amide bonds. The first-order chi connectivity index (χ1) is 6.61. The highest BCUT2D eigenvalue weighted by molar-refractivity contribution is 5.78. The summed E-state index contributed by atoms with van der Waals surface area (Å²) in [6, 6.07) is 0. The number of hydrogen-bond acceptors (Lipinski definition) is 1. The normalized spacial score (nSPS) is 17.7. The molecular formula is C12H25NO. The van der Waals surface area contributed by atoms with E-state index < -0.39 is 0 Å². The molecule has 1 rings (SSSR count). The smallest absolute Gasteiger partial charge is 0.225 e. The zero-order valence-electron chi connectivity index (χ0n) is 10.3. The van der Waals surface area contributed by atoms with Gasteiger partial charge in [-0.1, -0.05) is 34.6 Å².